The molecule has 0 spiro atoms. The van der Waals surface area contributed by atoms with Crippen LogP contribution in [0.5, 0.6) is 0 Å². The molecule has 1 aliphatic rings. The first-order valence-electron chi connectivity index (χ1n) is 8.20. The van der Waals surface area contributed by atoms with Crippen LogP contribution in [-0.4, -0.2) is 59.7 Å². The summed E-state index contributed by atoms with van der Waals surface area (Å²) >= 11 is 0. The summed E-state index contributed by atoms with van der Waals surface area (Å²) in [5.74, 6) is -0.319. The van der Waals surface area contributed by atoms with E-state index in [0.717, 1.165) is 0 Å². The lowest BCUT2D eigenvalue weighted by Gasteiger charge is -2.23. The summed E-state index contributed by atoms with van der Waals surface area (Å²) in [6.45, 7) is 5.62. The minimum Gasteiger partial charge on any atom is -0.229 e. The van der Waals surface area contributed by atoms with Crippen molar-refractivity contribution in [1.82, 2.24) is 9.03 Å². The van der Waals surface area contributed by atoms with Gasteiger partial charge >= 0.3 is 0 Å². The third-order valence-electron chi connectivity index (χ3n) is 4.36. The molecule has 1 atom stereocenters. The van der Waals surface area contributed by atoms with Crippen LogP contribution in [0.3, 0.4) is 0 Å². The Morgan fingerprint density at radius 2 is 1.54 bits per heavy atom. The number of sulfone groups is 1. The van der Waals surface area contributed by atoms with E-state index in [9.17, 15) is 25.3 Å². The average Bonchev–Trinajstić information content (AvgIpc) is 2.80. The summed E-state index contributed by atoms with van der Waals surface area (Å²) in [6.07, 6.45) is 0.197. The fourth-order valence-electron chi connectivity index (χ4n) is 2.98. The van der Waals surface area contributed by atoms with Gasteiger partial charge in [-0.1, -0.05) is 13.8 Å². The molecule has 8 nitrogen and oxygen atoms in total. The summed E-state index contributed by atoms with van der Waals surface area (Å²) in [5.41, 5.74) is -1.07. The van der Waals surface area contributed by atoms with Crippen LogP contribution in [0.2, 0.25) is 0 Å². The molecular weight excluding hydrogens is 400 g/mol. The lowest BCUT2D eigenvalue weighted by Crippen LogP contribution is -2.46. The van der Waals surface area contributed by atoms with Gasteiger partial charge in [0.25, 0.3) is 0 Å². The lowest BCUT2D eigenvalue weighted by atomic mass is 10.0. The third kappa shape index (κ3) is 4.45. The van der Waals surface area contributed by atoms with E-state index in [1.807, 2.05) is 0 Å². The first-order chi connectivity index (χ1) is 11.9. The minimum absolute atomic E-state index is 0.00908. The molecule has 0 radical (unpaired) electrons. The summed E-state index contributed by atoms with van der Waals surface area (Å²) in [5, 5.41) is 0. The van der Waals surface area contributed by atoms with Crippen LogP contribution in [0.1, 0.15) is 27.2 Å². The van der Waals surface area contributed by atoms with Gasteiger partial charge in [-0.2, -0.15) is 4.31 Å². The van der Waals surface area contributed by atoms with E-state index in [1.54, 1.807) is 20.8 Å². The van der Waals surface area contributed by atoms with E-state index in [2.05, 4.69) is 4.72 Å². The van der Waals surface area contributed by atoms with Gasteiger partial charge in [0.1, 0.15) is 0 Å². The Bertz CT molecular complexity index is 965. The van der Waals surface area contributed by atoms with E-state index < -0.39 is 35.4 Å². The lowest BCUT2D eigenvalue weighted by molar-refractivity contribution is 0.445. The molecule has 1 aromatic rings. The molecule has 26 heavy (non-hydrogen) atoms. The van der Waals surface area contributed by atoms with Crippen molar-refractivity contribution in [2.75, 3.05) is 24.6 Å². The Labute approximate surface area is 155 Å². The minimum atomic E-state index is -3.97. The van der Waals surface area contributed by atoms with Crippen molar-refractivity contribution < 1.29 is 25.3 Å². The van der Waals surface area contributed by atoms with Crippen molar-refractivity contribution in [3.8, 4) is 0 Å². The predicted octanol–water partition coefficient (Wildman–Crippen LogP) is 0.573. The van der Waals surface area contributed by atoms with Gasteiger partial charge in [-0.05, 0) is 37.6 Å². The Morgan fingerprint density at radius 1 is 1.04 bits per heavy atom. The van der Waals surface area contributed by atoms with Crippen LogP contribution in [0.4, 0.5) is 0 Å². The number of hydrogen-bond acceptors (Lipinski definition) is 6. The smallest absolute Gasteiger partial charge is 0.229 e. The van der Waals surface area contributed by atoms with Gasteiger partial charge in [0, 0.05) is 18.6 Å². The zero-order chi connectivity index (χ0) is 19.8. The summed E-state index contributed by atoms with van der Waals surface area (Å²) < 4.78 is 77.0. The molecule has 1 saturated heterocycles. The number of rotatable bonds is 7. The van der Waals surface area contributed by atoms with Crippen LogP contribution < -0.4 is 4.72 Å². The monoisotopic (exact) mass is 424 g/mol. The largest absolute Gasteiger partial charge is 0.243 e. The molecular formula is C15H24N2O6S3. The Hall–Kier alpha value is -1.01. The molecule has 1 N–H and O–H groups in total. The highest BCUT2D eigenvalue weighted by Gasteiger charge is 2.41. The molecule has 1 aliphatic heterocycles. The number of nitrogens with zero attached hydrogens (tertiary/aromatic N) is 1. The summed E-state index contributed by atoms with van der Waals surface area (Å²) in [6, 6.07) is 4.92. The second-order valence-corrected chi connectivity index (χ2v) is 12.4. The molecule has 0 bridgehead atoms. The van der Waals surface area contributed by atoms with Gasteiger partial charge in [-0.25, -0.2) is 30.0 Å². The van der Waals surface area contributed by atoms with Crippen LogP contribution in [0.25, 0.3) is 0 Å². The molecule has 1 fully saturated rings. The highest BCUT2D eigenvalue weighted by Crippen LogP contribution is 2.26. The molecule has 148 valence electrons. The molecule has 1 heterocycles. The van der Waals surface area contributed by atoms with Gasteiger partial charge in [-0.15, -0.1) is 0 Å². The van der Waals surface area contributed by atoms with Crippen molar-refractivity contribution in [3.05, 3.63) is 24.3 Å². The molecule has 2 rings (SSSR count). The number of sulfonamides is 2. The average molecular weight is 425 g/mol. The zero-order valence-electron chi connectivity index (χ0n) is 15.0. The predicted molar refractivity (Wildman–Crippen MR) is 98.5 cm³/mol. The Kier molecular flexibility index (Phi) is 5.89. The molecule has 1 aromatic carbocycles. The third-order valence-corrected chi connectivity index (χ3v) is 9.98. The van der Waals surface area contributed by atoms with Crippen LogP contribution in [0.15, 0.2) is 34.1 Å². The highest BCUT2D eigenvalue weighted by atomic mass is 32.2. The standard InChI is InChI=1S/C15H24N2O6S3/c1-4-17(5-2)26(22,23)14-8-6-13(7-9-14)25(20,21)16-15(3)10-11-24(18,19)12-15/h6-9,16H,4-5,10-12H2,1-3H3/t15-/m0/s1. The van der Waals surface area contributed by atoms with E-state index >= 15 is 0 Å². The van der Waals surface area contributed by atoms with Crippen molar-refractivity contribution in [1.29, 1.82) is 0 Å². The van der Waals surface area contributed by atoms with Gasteiger partial charge in [0.2, 0.25) is 20.0 Å². The molecule has 0 saturated carbocycles. The number of benzene rings is 1. The molecule has 0 aromatic heterocycles. The van der Waals surface area contributed by atoms with Crippen molar-refractivity contribution in [3.63, 3.8) is 0 Å². The van der Waals surface area contributed by atoms with E-state index in [4.69, 9.17) is 0 Å². The first-order valence-corrected chi connectivity index (χ1v) is 12.9. The van der Waals surface area contributed by atoms with E-state index in [-0.39, 0.29) is 27.7 Å². The normalized spacial score (nSPS) is 23.4. The molecule has 11 heteroatoms. The second kappa shape index (κ2) is 7.19. The van der Waals surface area contributed by atoms with E-state index in [1.165, 1.54) is 28.6 Å². The maximum absolute atomic E-state index is 12.5. The van der Waals surface area contributed by atoms with Gasteiger partial charge < -0.3 is 0 Å². The zero-order valence-corrected chi connectivity index (χ0v) is 17.4. The van der Waals surface area contributed by atoms with Gasteiger partial charge in [-0.3, -0.25) is 0 Å². The fraction of sp³-hybridized carbons (Fsp3) is 0.600. The second-order valence-electron chi connectivity index (χ2n) is 6.57. The quantitative estimate of drug-likeness (QED) is 0.684. The summed E-state index contributed by atoms with van der Waals surface area (Å²) in [7, 11) is -10.9. The van der Waals surface area contributed by atoms with Gasteiger partial charge in [0.15, 0.2) is 9.84 Å². The Balaban J connectivity index is 2.27. The number of hydrogen-bond donors (Lipinski definition) is 1. The number of nitrogens with one attached hydrogen (secondary N) is 1. The van der Waals surface area contributed by atoms with Crippen LogP contribution >= 0.6 is 0 Å². The maximum atomic E-state index is 12.5. The SMILES string of the molecule is CCN(CC)S(=O)(=O)c1ccc(S(=O)(=O)N[C@@]2(C)CCS(=O)(=O)C2)cc1. The highest BCUT2D eigenvalue weighted by molar-refractivity contribution is 7.92. The van der Waals surface area contributed by atoms with Gasteiger partial charge in [0.05, 0.1) is 21.3 Å². The molecule has 0 unspecified atom stereocenters. The van der Waals surface area contributed by atoms with Crippen molar-refractivity contribution >= 4 is 29.9 Å². The van der Waals surface area contributed by atoms with Crippen molar-refractivity contribution in [2.24, 2.45) is 0 Å². The van der Waals surface area contributed by atoms with Crippen LogP contribution in [0, 0.1) is 0 Å². The van der Waals surface area contributed by atoms with Crippen molar-refractivity contribution in [2.45, 2.75) is 42.5 Å². The molecule has 0 amide bonds. The summed E-state index contributed by atoms with van der Waals surface area (Å²) in [4.78, 5) is -0.101. The van der Waals surface area contributed by atoms with Crippen LogP contribution in [-0.2, 0) is 29.9 Å². The fourth-order valence-corrected chi connectivity index (χ4v) is 8.06. The Morgan fingerprint density at radius 3 is 1.96 bits per heavy atom. The molecule has 0 aliphatic carbocycles. The first kappa shape index (κ1) is 21.3. The topological polar surface area (TPSA) is 118 Å². The maximum Gasteiger partial charge on any atom is 0.243 e. The van der Waals surface area contributed by atoms with E-state index in [0.29, 0.717) is 13.1 Å².